The van der Waals surface area contributed by atoms with Crippen LogP contribution < -0.4 is 5.32 Å². The van der Waals surface area contributed by atoms with Gasteiger partial charge in [0.05, 0.1) is 24.6 Å². The van der Waals surface area contributed by atoms with Gasteiger partial charge in [0.1, 0.15) is 0 Å². The predicted molar refractivity (Wildman–Crippen MR) is 58.6 cm³/mol. The third-order valence-electron chi connectivity index (χ3n) is 2.83. The van der Waals surface area contributed by atoms with Gasteiger partial charge in [-0.3, -0.25) is 4.68 Å². The largest absolute Gasteiger partial charge is 0.374 e. The minimum Gasteiger partial charge on any atom is -0.374 e. The second kappa shape index (κ2) is 4.77. The molecule has 0 aromatic carbocycles. The lowest BCUT2D eigenvalue weighted by atomic mass is 10.2. The van der Waals surface area contributed by atoms with Crippen LogP contribution in [-0.4, -0.2) is 29.0 Å². The third kappa shape index (κ3) is 2.79. The molecule has 1 aliphatic rings. The summed E-state index contributed by atoms with van der Waals surface area (Å²) >= 11 is 0. The van der Waals surface area contributed by atoms with Gasteiger partial charge < -0.3 is 10.1 Å². The van der Waals surface area contributed by atoms with Gasteiger partial charge in [0.25, 0.3) is 0 Å². The van der Waals surface area contributed by atoms with Crippen molar-refractivity contribution in [1.82, 2.24) is 15.1 Å². The van der Waals surface area contributed by atoms with Crippen molar-refractivity contribution in [3.05, 3.63) is 17.5 Å². The van der Waals surface area contributed by atoms with Crippen LogP contribution in [0.2, 0.25) is 0 Å². The fraction of sp³-hybridized carbons (Fsp3) is 0.727. The molecule has 15 heavy (non-hydrogen) atoms. The van der Waals surface area contributed by atoms with E-state index in [2.05, 4.69) is 16.5 Å². The van der Waals surface area contributed by atoms with Gasteiger partial charge in [-0.15, -0.1) is 0 Å². The van der Waals surface area contributed by atoms with Crippen LogP contribution in [0.15, 0.2) is 6.07 Å². The molecule has 1 fully saturated rings. The maximum atomic E-state index is 5.67. The van der Waals surface area contributed by atoms with E-state index < -0.39 is 0 Å². The van der Waals surface area contributed by atoms with Crippen LogP contribution in [0.3, 0.4) is 0 Å². The fourth-order valence-corrected chi connectivity index (χ4v) is 2.00. The molecule has 0 bridgehead atoms. The molecule has 1 N–H and O–H groups in total. The smallest absolute Gasteiger partial charge is 0.0885 e. The average Bonchev–Trinajstić information content (AvgIpc) is 2.77. The third-order valence-corrected chi connectivity index (χ3v) is 2.83. The number of hydrogen-bond donors (Lipinski definition) is 1. The van der Waals surface area contributed by atoms with Gasteiger partial charge in [0.15, 0.2) is 0 Å². The molecule has 2 rings (SSSR count). The van der Waals surface area contributed by atoms with Crippen LogP contribution in [0.5, 0.6) is 0 Å². The van der Waals surface area contributed by atoms with E-state index in [9.17, 15) is 0 Å². The molecule has 0 amide bonds. The maximum Gasteiger partial charge on any atom is 0.0885 e. The van der Waals surface area contributed by atoms with E-state index in [1.54, 1.807) is 0 Å². The predicted octanol–water partition coefficient (Wildman–Crippen LogP) is 0.997. The standard InChI is InChI=1S/C11H19N3O/c1-9-6-11(14(2)13-9)8-15-7-10-4-3-5-12-10/h6,10,12H,3-5,7-8H2,1-2H3. The molecule has 0 radical (unpaired) electrons. The van der Waals surface area contributed by atoms with E-state index in [-0.39, 0.29) is 0 Å². The Labute approximate surface area is 90.6 Å². The molecule has 1 aromatic rings. The minimum absolute atomic E-state index is 0.555. The zero-order valence-corrected chi connectivity index (χ0v) is 9.49. The van der Waals surface area contributed by atoms with Crippen LogP contribution in [0.25, 0.3) is 0 Å². The van der Waals surface area contributed by atoms with Crippen molar-refractivity contribution in [3.8, 4) is 0 Å². The molecule has 84 valence electrons. The summed E-state index contributed by atoms with van der Waals surface area (Å²) in [4.78, 5) is 0. The quantitative estimate of drug-likeness (QED) is 0.804. The topological polar surface area (TPSA) is 39.1 Å². The molecule has 1 aliphatic heterocycles. The first-order valence-corrected chi connectivity index (χ1v) is 5.56. The summed E-state index contributed by atoms with van der Waals surface area (Å²) in [6, 6.07) is 2.63. The van der Waals surface area contributed by atoms with Gasteiger partial charge in [-0.25, -0.2) is 0 Å². The van der Waals surface area contributed by atoms with Crippen molar-refractivity contribution in [1.29, 1.82) is 0 Å². The summed E-state index contributed by atoms with van der Waals surface area (Å²) in [6.07, 6.45) is 2.52. The highest BCUT2D eigenvalue weighted by Gasteiger charge is 2.13. The number of nitrogens with zero attached hydrogens (tertiary/aromatic N) is 2. The van der Waals surface area contributed by atoms with E-state index in [0.29, 0.717) is 12.6 Å². The second-order valence-corrected chi connectivity index (χ2v) is 4.21. The number of hydrogen-bond acceptors (Lipinski definition) is 3. The summed E-state index contributed by atoms with van der Waals surface area (Å²) < 4.78 is 7.56. The van der Waals surface area contributed by atoms with Gasteiger partial charge in [-0.2, -0.15) is 5.10 Å². The van der Waals surface area contributed by atoms with Crippen molar-refractivity contribution in [2.24, 2.45) is 7.05 Å². The number of aryl methyl sites for hydroxylation is 2. The first-order valence-electron chi connectivity index (χ1n) is 5.56. The van der Waals surface area contributed by atoms with Crippen LogP contribution >= 0.6 is 0 Å². The lowest BCUT2D eigenvalue weighted by molar-refractivity contribution is 0.0987. The highest BCUT2D eigenvalue weighted by Crippen LogP contribution is 2.07. The highest BCUT2D eigenvalue weighted by atomic mass is 16.5. The van der Waals surface area contributed by atoms with E-state index >= 15 is 0 Å². The first kappa shape index (κ1) is 10.6. The zero-order chi connectivity index (χ0) is 10.7. The Hall–Kier alpha value is -0.870. The van der Waals surface area contributed by atoms with Crippen molar-refractivity contribution >= 4 is 0 Å². The van der Waals surface area contributed by atoms with E-state index in [1.165, 1.54) is 12.8 Å². The van der Waals surface area contributed by atoms with Crippen LogP contribution in [0, 0.1) is 6.92 Å². The molecule has 4 nitrogen and oxygen atoms in total. The zero-order valence-electron chi connectivity index (χ0n) is 9.49. The van der Waals surface area contributed by atoms with Gasteiger partial charge >= 0.3 is 0 Å². The average molecular weight is 209 g/mol. The molecule has 1 atom stereocenters. The summed E-state index contributed by atoms with van der Waals surface area (Å²) in [5.74, 6) is 0. The van der Waals surface area contributed by atoms with Crippen LogP contribution in [-0.2, 0) is 18.4 Å². The highest BCUT2D eigenvalue weighted by molar-refractivity contribution is 5.07. The molecule has 0 aliphatic carbocycles. The van der Waals surface area contributed by atoms with Gasteiger partial charge in [0.2, 0.25) is 0 Å². The fourth-order valence-electron chi connectivity index (χ4n) is 2.00. The first-order chi connectivity index (χ1) is 7.25. The van der Waals surface area contributed by atoms with Crippen LogP contribution in [0.4, 0.5) is 0 Å². The number of rotatable bonds is 4. The SMILES string of the molecule is Cc1cc(COCC2CCCN2)n(C)n1. The van der Waals surface area contributed by atoms with Crippen molar-refractivity contribution in [2.45, 2.75) is 32.4 Å². The Balaban J connectivity index is 1.75. The molecular formula is C11H19N3O. The summed E-state index contributed by atoms with van der Waals surface area (Å²) in [5, 5.41) is 7.70. The van der Waals surface area contributed by atoms with Crippen LogP contribution in [0.1, 0.15) is 24.2 Å². The lowest BCUT2D eigenvalue weighted by Crippen LogP contribution is -2.26. The monoisotopic (exact) mass is 209 g/mol. The second-order valence-electron chi connectivity index (χ2n) is 4.21. The molecule has 4 heteroatoms. The number of nitrogens with one attached hydrogen (secondary N) is 1. The lowest BCUT2D eigenvalue weighted by Gasteiger charge is -2.10. The Bertz CT molecular complexity index is 316. The molecule has 1 saturated heterocycles. The number of ether oxygens (including phenoxy) is 1. The molecule has 1 aromatic heterocycles. The Morgan fingerprint density at radius 2 is 2.53 bits per heavy atom. The van der Waals surface area contributed by atoms with Crippen molar-refractivity contribution in [3.63, 3.8) is 0 Å². The van der Waals surface area contributed by atoms with Crippen molar-refractivity contribution in [2.75, 3.05) is 13.2 Å². The molecule has 2 heterocycles. The molecule has 0 saturated carbocycles. The summed E-state index contributed by atoms with van der Waals surface area (Å²) in [5.41, 5.74) is 2.19. The maximum absolute atomic E-state index is 5.67. The number of aromatic nitrogens is 2. The summed E-state index contributed by atoms with van der Waals surface area (Å²) in [6.45, 7) is 4.61. The Morgan fingerprint density at radius 3 is 3.13 bits per heavy atom. The molecule has 1 unspecified atom stereocenters. The Kier molecular flexibility index (Phi) is 3.38. The summed E-state index contributed by atoms with van der Waals surface area (Å²) in [7, 11) is 1.96. The van der Waals surface area contributed by atoms with Gasteiger partial charge in [-0.1, -0.05) is 0 Å². The normalized spacial score (nSPS) is 21.1. The van der Waals surface area contributed by atoms with E-state index in [1.807, 2.05) is 18.7 Å². The Morgan fingerprint density at radius 1 is 1.67 bits per heavy atom. The van der Waals surface area contributed by atoms with E-state index in [0.717, 1.165) is 24.5 Å². The van der Waals surface area contributed by atoms with Gasteiger partial charge in [0, 0.05) is 13.1 Å². The van der Waals surface area contributed by atoms with E-state index in [4.69, 9.17) is 4.74 Å². The van der Waals surface area contributed by atoms with Gasteiger partial charge in [-0.05, 0) is 32.4 Å². The minimum atomic E-state index is 0.555. The molecule has 0 spiro atoms. The molecular weight excluding hydrogens is 190 g/mol. The van der Waals surface area contributed by atoms with Crippen molar-refractivity contribution < 1.29 is 4.74 Å².